The summed E-state index contributed by atoms with van der Waals surface area (Å²) in [7, 11) is 0. The monoisotopic (exact) mass is 213 g/mol. The zero-order valence-electron chi connectivity index (χ0n) is 6.69. The largest absolute Gasteiger partial charge is 0.477 e. The van der Waals surface area contributed by atoms with E-state index in [1.54, 1.807) is 0 Å². The van der Waals surface area contributed by atoms with Gasteiger partial charge in [-0.05, 0) is 0 Å². The van der Waals surface area contributed by atoms with Gasteiger partial charge < -0.3 is 5.11 Å². The molecule has 2 N–H and O–H groups in total. The van der Waals surface area contributed by atoms with Crippen molar-refractivity contribution in [3.8, 4) is 0 Å². The molecule has 7 heteroatoms. The number of aromatic carboxylic acids is 1. The maximum atomic E-state index is 11.4. The van der Waals surface area contributed by atoms with Gasteiger partial charge in [0, 0.05) is 6.20 Å². The van der Waals surface area contributed by atoms with Crippen molar-refractivity contribution in [3.63, 3.8) is 0 Å². The lowest BCUT2D eigenvalue weighted by molar-refractivity contribution is 0.0695. The van der Waals surface area contributed by atoms with Crippen LogP contribution >= 0.6 is 11.6 Å². The Morgan fingerprint density at radius 1 is 1.64 bits per heavy atom. The average Bonchev–Trinajstić information content (AvgIpc) is 2.46. The molecule has 72 valence electrons. The molecular weight excluding hydrogens is 210 g/mol. The van der Waals surface area contributed by atoms with E-state index in [0.29, 0.717) is 0 Å². The first kappa shape index (κ1) is 8.76. The van der Waals surface area contributed by atoms with Crippen molar-refractivity contribution in [2.75, 3.05) is 0 Å². The zero-order chi connectivity index (χ0) is 10.3. The van der Waals surface area contributed by atoms with Gasteiger partial charge >= 0.3 is 5.97 Å². The third kappa shape index (κ3) is 1.16. The Bertz CT molecular complexity index is 571. The van der Waals surface area contributed by atoms with E-state index in [1.807, 2.05) is 0 Å². The molecule has 14 heavy (non-hydrogen) atoms. The molecule has 0 spiro atoms. The number of carboxylic acids is 1. The molecule has 2 aromatic rings. The van der Waals surface area contributed by atoms with Gasteiger partial charge in [0.2, 0.25) is 11.1 Å². The van der Waals surface area contributed by atoms with Gasteiger partial charge in [0.05, 0.1) is 6.20 Å². The Kier molecular flexibility index (Phi) is 1.78. The quantitative estimate of drug-likeness (QED) is 0.717. The lowest BCUT2D eigenvalue weighted by atomic mass is 10.3. The summed E-state index contributed by atoms with van der Waals surface area (Å²) < 4.78 is 1.26. The maximum Gasteiger partial charge on any atom is 0.341 e. The Labute approximate surface area is 81.7 Å². The van der Waals surface area contributed by atoms with Crippen LogP contribution in [-0.4, -0.2) is 25.7 Å². The van der Waals surface area contributed by atoms with E-state index in [9.17, 15) is 9.59 Å². The van der Waals surface area contributed by atoms with Crippen LogP contribution in [0.3, 0.4) is 0 Å². The number of aromatic nitrogens is 3. The molecule has 6 nitrogen and oxygen atoms in total. The highest BCUT2D eigenvalue weighted by molar-refractivity contribution is 6.29. The standard InChI is InChI=1S/C7H4ClN3O3/c8-4-2-11-6(10-4)5(12)3(1-9-11)7(13)14/h1-2,9H,(H,13,14). The molecule has 0 aliphatic carbocycles. The fourth-order valence-corrected chi connectivity index (χ4v) is 1.27. The number of carboxylic acid groups (broad SMARTS) is 1. The Balaban J connectivity index is 2.88. The normalized spacial score (nSPS) is 10.6. The second-order valence-electron chi connectivity index (χ2n) is 2.58. The number of halogens is 1. The molecule has 0 saturated carbocycles. The number of carbonyl (C=O) groups is 1. The van der Waals surface area contributed by atoms with Crippen LogP contribution in [0.4, 0.5) is 0 Å². The van der Waals surface area contributed by atoms with Gasteiger partial charge in [-0.25, -0.2) is 14.3 Å². The number of imidazole rings is 1. The minimum Gasteiger partial charge on any atom is -0.477 e. The predicted molar refractivity (Wildman–Crippen MR) is 47.8 cm³/mol. The third-order valence-electron chi connectivity index (χ3n) is 1.70. The molecule has 0 radical (unpaired) electrons. The van der Waals surface area contributed by atoms with Crippen molar-refractivity contribution in [1.29, 1.82) is 0 Å². The van der Waals surface area contributed by atoms with Crippen molar-refractivity contribution >= 4 is 23.2 Å². The third-order valence-corrected chi connectivity index (χ3v) is 1.88. The van der Waals surface area contributed by atoms with Gasteiger partial charge in [-0.15, -0.1) is 0 Å². The molecule has 0 atom stereocenters. The van der Waals surface area contributed by atoms with Crippen LogP contribution in [0.1, 0.15) is 10.4 Å². The van der Waals surface area contributed by atoms with Crippen LogP contribution in [-0.2, 0) is 0 Å². The highest BCUT2D eigenvalue weighted by Gasteiger charge is 2.13. The number of rotatable bonds is 1. The molecule has 2 aromatic heterocycles. The zero-order valence-corrected chi connectivity index (χ0v) is 7.45. The molecule has 0 saturated heterocycles. The van der Waals surface area contributed by atoms with Crippen molar-refractivity contribution in [1.82, 2.24) is 14.6 Å². The summed E-state index contributed by atoms with van der Waals surface area (Å²) in [5.74, 6) is -1.30. The van der Waals surface area contributed by atoms with Crippen molar-refractivity contribution in [2.45, 2.75) is 0 Å². The van der Waals surface area contributed by atoms with Gasteiger partial charge in [0.1, 0.15) is 10.7 Å². The van der Waals surface area contributed by atoms with Crippen LogP contribution in [0.25, 0.3) is 5.65 Å². The minimum absolute atomic E-state index is 0.0325. The lowest BCUT2D eigenvalue weighted by Crippen LogP contribution is -2.18. The molecule has 2 heterocycles. The summed E-state index contributed by atoms with van der Waals surface area (Å²) in [6, 6.07) is 0. The molecule has 0 unspecified atom stereocenters. The van der Waals surface area contributed by atoms with E-state index in [4.69, 9.17) is 16.7 Å². The summed E-state index contributed by atoms with van der Waals surface area (Å²) in [4.78, 5) is 25.7. The summed E-state index contributed by atoms with van der Waals surface area (Å²) in [6.45, 7) is 0. The predicted octanol–water partition coefficient (Wildman–Crippen LogP) is 0.374. The van der Waals surface area contributed by atoms with E-state index < -0.39 is 11.4 Å². The second kappa shape index (κ2) is 2.85. The van der Waals surface area contributed by atoms with E-state index in [0.717, 1.165) is 6.20 Å². The maximum absolute atomic E-state index is 11.4. The van der Waals surface area contributed by atoms with E-state index in [1.165, 1.54) is 10.7 Å². The topological polar surface area (TPSA) is 87.5 Å². The number of aromatic amines is 1. The lowest BCUT2D eigenvalue weighted by Gasteiger charge is -1.94. The first-order chi connectivity index (χ1) is 6.59. The number of H-pyrrole nitrogens is 1. The summed E-state index contributed by atoms with van der Waals surface area (Å²) in [5, 5.41) is 11.3. The van der Waals surface area contributed by atoms with Crippen LogP contribution in [0.2, 0.25) is 5.15 Å². The fraction of sp³-hybridized carbons (Fsp3) is 0. The summed E-state index contributed by atoms with van der Waals surface area (Å²) in [5.41, 5.74) is -1.06. The van der Waals surface area contributed by atoms with Gasteiger partial charge in [-0.1, -0.05) is 11.6 Å². The number of hydrogen-bond donors (Lipinski definition) is 2. The fourth-order valence-electron chi connectivity index (χ4n) is 1.09. The molecule has 0 aliphatic rings. The van der Waals surface area contributed by atoms with Crippen LogP contribution in [0, 0.1) is 0 Å². The molecule has 0 bridgehead atoms. The first-order valence-electron chi connectivity index (χ1n) is 3.59. The Morgan fingerprint density at radius 2 is 2.36 bits per heavy atom. The van der Waals surface area contributed by atoms with Gasteiger partial charge in [-0.3, -0.25) is 9.89 Å². The van der Waals surface area contributed by atoms with Crippen molar-refractivity contribution < 1.29 is 9.90 Å². The van der Waals surface area contributed by atoms with E-state index in [2.05, 4.69) is 10.1 Å². The highest BCUT2D eigenvalue weighted by Crippen LogP contribution is 2.05. The van der Waals surface area contributed by atoms with Gasteiger partial charge in [-0.2, -0.15) is 0 Å². The van der Waals surface area contributed by atoms with Crippen LogP contribution in [0.15, 0.2) is 17.2 Å². The van der Waals surface area contributed by atoms with Crippen LogP contribution in [0.5, 0.6) is 0 Å². The Hall–Kier alpha value is -1.82. The molecule has 0 aliphatic heterocycles. The van der Waals surface area contributed by atoms with Crippen LogP contribution < -0.4 is 5.43 Å². The van der Waals surface area contributed by atoms with Gasteiger partial charge in [0.15, 0.2) is 0 Å². The Morgan fingerprint density at radius 3 is 3.00 bits per heavy atom. The molecule has 0 amide bonds. The van der Waals surface area contributed by atoms with Crippen molar-refractivity contribution in [3.05, 3.63) is 33.3 Å². The number of hydrogen-bond acceptors (Lipinski definition) is 3. The molecule has 0 fully saturated rings. The number of nitrogens with one attached hydrogen (secondary N) is 1. The highest BCUT2D eigenvalue weighted by atomic mass is 35.5. The second-order valence-corrected chi connectivity index (χ2v) is 2.97. The number of fused-ring (bicyclic) bond motifs is 1. The minimum atomic E-state index is -1.30. The smallest absolute Gasteiger partial charge is 0.341 e. The molecule has 2 rings (SSSR count). The van der Waals surface area contributed by atoms with E-state index in [-0.39, 0.29) is 16.4 Å². The first-order valence-corrected chi connectivity index (χ1v) is 3.97. The van der Waals surface area contributed by atoms with Crippen molar-refractivity contribution in [2.24, 2.45) is 0 Å². The number of nitrogens with zero attached hydrogens (tertiary/aromatic N) is 2. The van der Waals surface area contributed by atoms with E-state index >= 15 is 0 Å². The molecule has 0 aromatic carbocycles. The summed E-state index contributed by atoms with van der Waals surface area (Å²) >= 11 is 5.55. The summed E-state index contributed by atoms with van der Waals surface area (Å²) in [6.07, 6.45) is 2.47. The van der Waals surface area contributed by atoms with Gasteiger partial charge in [0.25, 0.3) is 0 Å². The SMILES string of the molecule is O=C(O)c1c[nH]n2cc(Cl)nc2c1=O. The molecular formula is C7H4ClN3O3. The average molecular weight is 214 g/mol.